The molecule has 124 valence electrons. The van der Waals surface area contributed by atoms with E-state index in [1.54, 1.807) is 12.3 Å². The number of alkyl halides is 3. The second-order valence-electron chi connectivity index (χ2n) is 4.25. The van der Waals surface area contributed by atoms with E-state index >= 15 is 0 Å². The first-order valence-electron chi connectivity index (χ1n) is 6.11. The molecule has 0 unspecified atom stereocenters. The Labute approximate surface area is 143 Å². The van der Waals surface area contributed by atoms with E-state index in [2.05, 4.69) is 25.9 Å². The van der Waals surface area contributed by atoms with Crippen LogP contribution >= 0.6 is 27.5 Å². The Kier molecular flexibility index (Phi) is 7.11. The number of carbonyl (C=O) groups excluding carboxylic acids is 1. The van der Waals surface area contributed by atoms with E-state index in [0.29, 0.717) is 0 Å². The molecule has 0 radical (unpaired) electrons. The van der Waals surface area contributed by atoms with Gasteiger partial charge in [0, 0.05) is 6.20 Å². The molecule has 0 aliphatic heterocycles. The lowest BCUT2D eigenvalue weighted by atomic mass is 10.2. The molecule has 2 aromatic rings. The van der Waals surface area contributed by atoms with E-state index in [1.807, 2.05) is 6.07 Å². The van der Waals surface area contributed by atoms with E-state index in [9.17, 15) is 18.0 Å². The molecule has 0 bridgehead atoms. The number of rotatable bonds is 2. The molecular formula is C14H11BrClF3N2O2. The Hall–Kier alpha value is -1.51. The van der Waals surface area contributed by atoms with Crippen molar-refractivity contribution in [3.63, 3.8) is 0 Å². The number of nitrogens with zero attached hydrogens (tertiary/aromatic N) is 2. The molecule has 1 N–H and O–H groups in total. The number of halogens is 5. The standard InChI is InChI=1S/C8H5ClF3NO.C6H6BrNO/c1-4-5(7(9)14)2-3-6(13-4)8(10,11)12;7-6-2-1-5(4-9)3-8-6/h2-3H,1H3;1-3,9H,4H2. The van der Waals surface area contributed by atoms with Gasteiger partial charge in [-0.2, -0.15) is 13.2 Å². The van der Waals surface area contributed by atoms with Gasteiger partial charge in [-0.3, -0.25) is 4.79 Å². The minimum absolute atomic E-state index is 0.0142. The fourth-order valence-electron chi connectivity index (χ4n) is 1.43. The van der Waals surface area contributed by atoms with Crippen LogP contribution in [0, 0.1) is 6.92 Å². The summed E-state index contributed by atoms with van der Waals surface area (Å²) >= 11 is 8.30. The molecule has 9 heteroatoms. The third-order valence-corrected chi connectivity index (χ3v) is 3.23. The zero-order chi connectivity index (χ0) is 17.6. The lowest BCUT2D eigenvalue weighted by Crippen LogP contribution is -2.10. The first-order valence-corrected chi connectivity index (χ1v) is 7.28. The summed E-state index contributed by atoms with van der Waals surface area (Å²) in [5.41, 5.74) is -0.241. The van der Waals surface area contributed by atoms with Crippen LogP contribution in [0.4, 0.5) is 13.2 Å². The van der Waals surface area contributed by atoms with Gasteiger partial charge in [0.2, 0.25) is 0 Å². The lowest BCUT2D eigenvalue weighted by molar-refractivity contribution is -0.141. The molecule has 4 nitrogen and oxygen atoms in total. The zero-order valence-electron chi connectivity index (χ0n) is 11.7. The van der Waals surface area contributed by atoms with Gasteiger partial charge in [-0.15, -0.1) is 0 Å². The first-order chi connectivity index (χ1) is 10.6. The summed E-state index contributed by atoms with van der Waals surface area (Å²) in [7, 11) is 0. The molecule has 0 fully saturated rings. The van der Waals surface area contributed by atoms with E-state index in [0.717, 1.165) is 22.3 Å². The minimum Gasteiger partial charge on any atom is -0.392 e. The summed E-state index contributed by atoms with van der Waals surface area (Å²) in [6.07, 6.45) is -2.87. The number of hydrogen-bond acceptors (Lipinski definition) is 4. The predicted molar refractivity (Wildman–Crippen MR) is 82.0 cm³/mol. The molecule has 23 heavy (non-hydrogen) atoms. The molecule has 0 spiro atoms. The topological polar surface area (TPSA) is 63.1 Å². The Balaban J connectivity index is 0.000000253. The molecule has 2 aromatic heterocycles. The van der Waals surface area contributed by atoms with Crippen LogP contribution in [0.3, 0.4) is 0 Å². The summed E-state index contributed by atoms with van der Waals surface area (Å²) in [4.78, 5) is 17.8. The van der Waals surface area contributed by atoms with Crippen LogP contribution in [0.1, 0.15) is 27.3 Å². The average molecular weight is 412 g/mol. The first kappa shape index (κ1) is 19.5. The van der Waals surface area contributed by atoms with Crippen LogP contribution in [-0.2, 0) is 12.8 Å². The SMILES string of the molecule is Cc1nc(C(F)(F)F)ccc1C(=O)Cl.OCc1ccc(Br)nc1. The number of aliphatic hydroxyl groups is 1. The van der Waals surface area contributed by atoms with Crippen molar-refractivity contribution in [2.75, 3.05) is 0 Å². The minimum atomic E-state index is -4.50. The van der Waals surface area contributed by atoms with Crippen LogP contribution in [0.25, 0.3) is 0 Å². The summed E-state index contributed by atoms with van der Waals surface area (Å²) in [5.74, 6) is 0. The molecular weight excluding hydrogens is 401 g/mol. The molecule has 2 heterocycles. The fraction of sp³-hybridized carbons (Fsp3) is 0.214. The summed E-state index contributed by atoms with van der Waals surface area (Å²) in [6.45, 7) is 1.35. The Morgan fingerprint density at radius 3 is 2.35 bits per heavy atom. The van der Waals surface area contributed by atoms with Crippen molar-refractivity contribution >= 4 is 32.8 Å². The van der Waals surface area contributed by atoms with Crippen molar-refractivity contribution in [3.05, 3.63) is 57.6 Å². The van der Waals surface area contributed by atoms with Gasteiger partial charge in [0.1, 0.15) is 10.3 Å². The second-order valence-corrected chi connectivity index (χ2v) is 5.40. The highest BCUT2D eigenvalue weighted by molar-refractivity contribution is 9.10. The summed E-state index contributed by atoms with van der Waals surface area (Å²) in [5, 5.41) is 7.76. The Morgan fingerprint density at radius 1 is 1.30 bits per heavy atom. The van der Waals surface area contributed by atoms with Gasteiger partial charge in [-0.1, -0.05) is 6.07 Å². The molecule has 2 rings (SSSR count). The van der Waals surface area contributed by atoms with Crippen LogP contribution in [-0.4, -0.2) is 20.3 Å². The molecule has 0 aromatic carbocycles. The van der Waals surface area contributed by atoms with Crippen molar-refractivity contribution < 1.29 is 23.1 Å². The van der Waals surface area contributed by atoms with Crippen molar-refractivity contribution in [1.29, 1.82) is 0 Å². The van der Waals surface area contributed by atoms with Gasteiger partial charge in [-0.05, 0) is 58.2 Å². The van der Waals surface area contributed by atoms with Crippen molar-refractivity contribution in [2.45, 2.75) is 19.7 Å². The summed E-state index contributed by atoms with van der Waals surface area (Å²) in [6, 6.07) is 5.35. The predicted octanol–water partition coefficient (Wildman–Crippen LogP) is 4.12. The number of pyridine rings is 2. The van der Waals surface area contributed by atoms with Crippen molar-refractivity contribution in [1.82, 2.24) is 9.97 Å². The van der Waals surface area contributed by atoms with Crippen molar-refractivity contribution in [2.24, 2.45) is 0 Å². The Morgan fingerprint density at radius 2 is 1.96 bits per heavy atom. The largest absolute Gasteiger partial charge is 0.433 e. The van der Waals surface area contributed by atoms with Gasteiger partial charge in [0.15, 0.2) is 0 Å². The normalized spacial score (nSPS) is 10.7. The van der Waals surface area contributed by atoms with E-state index in [1.165, 1.54) is 6.92 Å². The number of aliphatic hydroxyl groups excluding tert-OH is 1. The van der Waals surface area contributed by atoms with Gasteiger partial charge < -0.3 is 5.11 Å². The Bertz CT molecular complexity index is 679. The summed E-state index contributed by atoms with van der Waals surface area (Å²) < 4.78 is 37.2. The van der Waals surface area contributed by atoms with Gasteiger partial charge >= 0.3 is 6.18 Å². The molecule has 0 saturated heterocycles. The maximum atomic E-state index is 12.1. The zero-order valence-corrected chi connectivity index (χ0v) is 14.1. The monoisotopic (exact) mass is 410 g/mol. The quantitative estimate of drug-likeness (QED) is 0.596. The highest BCUT2D eigenvalue weighted by Crippen LogP contribution is 2.28. The van der Waals surface area contributed by atoms with Gasteiger partial charge in [-0.25, -0.2) is 9.97 Å². The fourth-order valence-corrected chi connectivity index (χ4v) is 1.86. The van der Waals surface area contributed by atoms with E-state index < -0.39 is 17.1 Å². The number of carbonyl (C=O) groups is 1. The lowest BCUT2D eigenvalue weighted by Gasteiger charge is -2.07. The van der Waals surface area contributed by atoms with Gasteiger partial charge in [0.25, 0.3) is 5.24 Å². The molecule has 0 atom stereocenters. The smallest absolute Gasteiger partial charge is 0.392 e. The molecule has 0 aliphatic carbocycles. The van der Waals surface area contributed by atoms with Crippen LogP contribution in [0.15, 0.2) is 35.1 Å². The van der Waals surface area contributed by atoms with Crippen molar-refractivity contribution in [3.8, 4) is 0 Å². The average Bonchev–Trinajstić information content (AvgIpc) is 2.47. The molecule has 0 amide bonds. The third-order valence-electron chi connectivity index (χ3n) is 2.56. The number of aromatic nitrogens is 2. The number of aryl methyl sites for hydroxylation is 1. The maximum Gasteiger partial charge on any atom is 0.433 e. The second kappa shape index (κ2) is 8.37. The van der Waals surface area contributed by atoms with E-state index in [-0.39, 0.29) is 17.9 Å². The molecule has 0 saturated carbocycles. The highest BCUT2D eigenvalue weighted by Gasteiger charge is 2.32. The van der Waals surface area contributed by atoms with E-state index in [4.69, 9.17) is 16.7 Å². The van der Waals surface area contributed by atoms with Crippen LogP contribution < -0.4 is 0 Å². The number of hydrogen-bond donors (Lipinski definition) is 1. The highest BCUT2D eigenvalue weighted by atomic mass is 79.9. The van der Waals surface area contributed by atoms with Crippen LogP contribution in [0.2, 0.25) is 0 Å². The third kappa shape index (κ3) is 6.25. The van der Waals surface area contributed by atoms with Crippen LogP contribution in [0.5, 0.6) is 0 Å². The molecule has 0 aliphatic rings. The van der Waals surface area contributed by atoms with Gasteiger partial charge in [0.05, 0.1) is 17.9 Å². The maximum absolute atomic E-state index is 12.1.